The van der Waals surface area contributed by atoms with E-state index in [4.69, 9.17) is 0 Å². The van der Waals surface area contributed by atoms with Gasteiger partial charge in [-0.2, -0.15) is 13.2 Å². The number of aromatic nitrogens is 1. The summed E-state index contributed by atoms with van der Waals surface area (Å²) >= 11 is 0. The van der Waals surface area contributed by atoms with Gasteiger partial charge in [0.2, 0.25) is 0 Å². The molecule has 0 unspecified atom stereocenters. The summed E-state index contributed by atoms with van der Waals surface area (Å²) in [6, 6.07) is 2.66. The van der Waals surface area contributed by atoms with Crippen molar-refractivity contribution in [2.24, 2.45) is 0 Å². The van der Waals surface area contributed by atoms with Crippen LogP contribution in [0.3, 0.4) is 0 Å². The van der Waals surface area contributed by atoms with Crippen LogP contribution < -0.4 is 24.0 Å². The summed E-state index contributed by atoms with van der Waals surface area (Å²) in [7, 11) is 0. The Hall–Kier alpha value is -1.29. The number of hydrogen-bond acceptors (Lipinski definition) is 3. The number of nitrogens with zero attached hydrogens (tertiary/aromatic N) is 1. The molecule has 0 saturated heterocycles. The van der Waals surface area contributed by atoms with Crippen LogP contribution in [0.25, 0.3) is 0 Å². The first kappa shape index (κ1) is 18.1. The van der Waals surface area contributed by atoms with Crippen molar-refractivity contribution in [2.75, 3.05) is 0 Å². The largest absolute Gasteiger partial charge is 1.00 e. The molecule has 0 aliphatic carbocycles. The van der Waals surface area contributed by atoms with Crippen LogP contribution in [0.15, 0.2) is 36.4 Å². The molecule has 0 aromatic carbocycles. The SMILES string of the molecule is O.O=C(/C=C(\[O-])C(F)(F)F)c1cccnc1.[Li+]. The van der Waals surface area contributed by atoms with Gasteiger partial charge in [0.15, 0.2) is 5.78 Å². The Labute approximate surface area is 107 Å². The molecule has 0 atom stereocenters. The fourth-order valence-electron chi connectivity index (χ4n) is 0.793. The van der Waals surface area contributed by atoms with Gasteiger partial charge in [-0.25, -0.2) is 0 Å². The molecule has 1 rings (SSSR count). The molecule has 0 saturated carbocycles. The van der Waals surface area contributed by atoms with Gasteiger partial charge in [0.1, 0.15) is 0 Å². The van der Waals surface area contributed by atoms with E-state index >= 15 is 0 Å². The first-order valence-electron chi connectivity index (χ1n) is 3.81. The van der Waals surface area contributed by atoms with Crippen LogP contribution in [-0.4, -0.2) is 22.4 Å². The molecular formula is C9H7F3LiNO3. The second-order valence-corrected chi connectivity index (χ2v) is 2.61. The minimum absolute atomic E-state index is 0. The number of hydrogen-bond donors (Lipinski definition) is 0. The van der Waals surface area contributed by atoms with Crippen molar-refractivity contribution >= 4 is 5.78 Å². The summed E-state index contributed by atoms with van der Waals surface area (Å²) in [6.45, 7) is 0. The van der Waals surface area contributed by atoms with Crippen molar-refractivity contribution in [1.29, 1.82) is 0 Å². The topological polar surface area (TPSA) is 84.5 Å². The van der Waals surface area contributed by atoms with Gasteiger partial charge in [-0.1, -0.05) is 0 Å². The molecule has 0 aliphatic rings. The van der Waals surface area contributed by atoms with Gasteiger partial charge >= 0.3 is 25.0 Å². The third-order valence-electron chi connectivity index (χ3n) is 1.49. The number of alkyl halides is 3. The maximum atomic E-state index is 11.8. The fraction of sp³-hybridized carbons (Fsp3) is 0.111. The summed E-state index contributed by atoms with van der Waals surface area (Å²) in [5.74, 6) is -3.18. The van der Waals surface area contributed by atoms with E-state index in [1.807, 2.05) is 0 Å². The normalized spacial score (nSPS) is 11.1. The molecule has 2 N–H and O–H groups in total. The first-order valence-corrected chi connectivity index (χ1v) is 3.81. The summed E-state index contributed by atoms with van der Waals surface area (Å²) < 4.78 is 35.3. The van der Waals surface area contributed by atoms with E-state index in [-0.39, 0.29) is 36.0 Å². The third-order valence-corrected chi connectivity index (χ3v) is 1.49. The van der Waals surface area contributed by atoms with E-state index in [0.717, 1.165) is 6.20 Å². The number of carbonyl (C=O) groups is 1. The Bertz CT molecular complexity index is 392. The Morgan fingerprint density at radius 2 is 2.00 bits per heavy atom. The van der Waals surface area contributed by atoms with Crippen molar-refractivity contribution < 1.29 is 47.4 Å². The molecule has 0 aliphatic heterocycles. The quantitative estimate of drug-likeness (QED) is 0.243. The van der Waals surface area contributed by atoms with Gasteiger partial charge in [0, 0.05) is 18.0 Å². The molecular weight excluding hydrogens is 234 g/mol. The summed E-state index contributed by atoms with van der Waals surface area (Å²) in [5.41, 5.74) is -0.0601. The van der Waals surface area contributed by atoms with Gasteiger partial charge in [0.05, 0.1) is 0 Å². The van der Waals surface area contributed by atoms with E-state index in [1.165, 1.54) is 18.3 Å². The van der Waals surface area contributed by atoms with Gasteiger partial charge < -0.3 is 10.6 Å². The predicted octanol–water partition coefficient (Wildman–Crippen LogP) is -2.75. The number of rotatable bonds is 2. The van der Waals surface area contributed by atoms with Crippen LogP contribution in [0.2, 0.25) is 0 Å². The zero-order valence-corrected chi connectivity index (χ0v) is 8.78. The fourth-order valence-corrected chi connectivity index (χ4v) is 0.793. The average Bonchev–Trinajstić information content (AvgIpc) is 2.17. The van der Waals surface area contributed by atoms with E-state index < -0.39 is 17.7 Å². The second-order valence-electron chi connectivity index (χ2n) is 2.61. The van der Waals surface area contributed by atoms with Gasteiger partial charge in [-0.3, -0.25) is 9.78 Å². The minimum atomic E-state index is -5.02. The standard InChI is InChI=1S/C9H6F3NO2.Li.H2O/c10-9(11,12)8(15)4-7(14)6-2-1-3-13-5-6;;/h1-5,15H;;1H2/q;+1;/p-1/b8-4-;;. The molecule has 1 aromatic heterocycles. The van der Waals surface area contributed by atoms with E-state index in [0.29, 0.717) is 0 Å². The van der Waals surface area contributed by atoms with Crippen LogP contribution in [0.1, 0.15) is 10.4 Å². The van der Waals surface area contributed by atoms with Gasteiger partial charge in [0.25, 0.3) is 0 Å². The van der Waals surface area contributed by atoms with Gasteiger partial charge in [-0.15, -0.1) is 0 Å². The van der Waals surface area contributed by atoms with Gasteiger partial charge in [-0.05, 0) is 24.0 Å². The maximum Gasteiger partial charge on any atom is 1.00 e. The van der Waals surface area contributed by atoms with E-state index in [9.17, 15) is 23.1 Å². The monoisotopic (exact) mass is 241 g/mol. The molecule has 0 amide bonds. The number of pyridine rings is 1. The van der Waals surface area contributed by atoms with Crippen molar-refractivity contribution in [3.63, 3.8) is 0 Å². The van der Waals surface area contributed by atoms with Crippen LogP contribution in [-0.2, 0) is 0 Å². The van der Waals surface area contributed by atoms with Crippen molar-refractivity contribution in [3.8, 4) is 0 Å². The number of carbonyl (C=O) groups excluding carboxylic acids is 1. The average molecular weight is 241 g/mol. The van der Waals surface area contributed by atoms with Crippen molar-refractivity contribution in [3.05, 3.63) is 41.9 Å². The molecule has 8 heteroatoms. The second kappa shape index (κ2) is 7.12. The number of ketones is 1. The first-order chi connectivity index (χ1) is 6.91. The minimum Gasteiger partial charge on any atom is -0.869 e. The Kier molecular flexibility index (Phi) is 7.57. The number of halogens is 3. The molecule has 88 valence electrons. The van der Waals surface area contributed by atoms with Crippen LogP contribution in [0, 0.1) is 0 Å². The zero-order valence-electron chi connectivity index (χ0n) is 8.78. The van der Waals surface area contributed by atoms with Crippen LogP contribution in [0.5, 0.6) is 0 Å². The molecule has 1 aromatic rings. The molecule has 0 radical (unpaired) electrons. The van der Waals surface area contributed by atoms with E-state index in [2.05, 4.69) is 4.98 Å². The van der Waals surface area contributed by atoms with Crippen LogP contribution in [0.4, 0.5) is 13.2 Å². The predicted molar refractivity (Wildman–Crippen MR) is 46.3 cm³/mol. The Morgan fingerprint density at radius 3 is 2.41 bits per heavy atom. The smallest absolute Gasteiger partial charge is 0.869 e. The van der Waals surface area contributed by atoms with E-state index in [1.54, 1.807) is 0 Å². The molecule has 0 bridgehead atoms. The summed E-state index contributed by atoms with van der Waals surface area (Å²) in [5, 5.41) is 10.4. The molecule has 0 fully saturated rings. The molecule has 1 heterocycles. The number of allylic oxidation sites excluding steroid dienone is 2. The Balaban J connectivity index is 0. The summed E-state index contributed by atoms with van der Waals surface area (Å²) in [4.78, 5) is 14.6. The maximum absolute atomic E-state index is 11.8. The Morgan fingerprint density at radius 1 is 1.41 bits per heavy atom. The third kappa shape index (κ3) is 5.54. The zero-order chi connectivity index (χ0) is 11.5. The van der Waals surface area contributed by atoms with Crippen LogP contribution >= 0.6 is 0 Å². The molecule has 4 nitrogen and oxygen atoms in total. The van der Waals surface area contributed by atoms with Crippen molar-refractivity contribution in [1.82, 2.24) is 4.98 Å². The molecule has 17 heavy (non-hydrogen) atoms. The van der Waals surface area contributed by atoms with Crippen molar-refractivity contribution in [2.45, 2.75) is 6.18 Å². The molecule has 0 spiro atoms. The summed E-state index contributed by atoms with van der Waals surface area (Å²) in [6.07, 6.45) is -2.56.